The molecule has 0 unspecified atom stereocenters. The lowest BCUT2D eigenvalue weighted by Crippen LogP contribution is -2.52. The number of benzene rings is 4. The Morgan fingerprint density at radius 2 is 1.36 bits per heavy atom. The molecule has 0 aromatic heterocycles. The number of fused-ring (bicyclic) bond motifs is 1. The van der Waals surface area contributed by atoms with Crippen LogP contribution in [0.2, 0.25) is 0 Å². The van der Waals surface area contributed by atoms with Crippen molar-refractivity contribution in [2.24, 2.45) is 11.8 Å². The third kappa shape index (κ3) is 4.70. The number of carboxylic acids is 1. The molecular weight excluding hydrogens is 490 g/mol. The fourth-order valence-electron chi connectivity index (χ4n) is 6.00. The predicted octanol–water partition coefficient (Wildman–Crippen LogP) is 6.04. The molecule has 1 heterocycles. The minimum Gasteiger partial charge on any atom is -0.481 e. The second kappa shape index (κ2) is 10.2. The zero-order valence-electron chi connectivity index (χ0n) is 21.1. The Labute approximate surface area is 226 Å². The van der Waals surface area contributed by atoms with Crippen LogP contribution < -0.4 is 10.1 Å². The summed E-state index contributed by atoms with van der Waals surface area (Å²) in [5.74, 6) is -3.40. The first kappa shape index (κ1) is 24.6. The van der Waals surface area contributed by atoms with Crippen molar-refractivity contribution in [2.75, 3.05) is 5.32 Å². The van der Waals surface area contributed by atoms with E-state index in [-0.39, 0.29) is 5.91 Å². The number of hydrogen-bond donors (Lipinski definition) is 2. The molecule has 1 fully saturated rings. The maximum Gasteiger partial charge on any atom is 0.315 e. The topological polar surface area (TPSA) is 92.7 Å². The summed E-state index contributed by atoms with van der Waals surface area (Å²) in [5, 5.41) is 13.1. The number of ether oxygens (including phenoxy) is 1. The average molecular weight is 518 g/mol. The summed E-state index contributed by atoms with van der Waals surface area (Å²) in [7, 11) is 0. The standard InChI is InChI=1S/C33H27NO5/c35-27-17-16-20-14-15-24(19-26(20)34-27)23-12-7-13-25(18-23)39-33(38)31-28(21-8-3-1-4-9-21)30(32(36)37)29(31)22-10-5-2-6-11-22/h1-15,18-19,28-31H,16-17H2,(H,34,35)(H,36,37)/t28-,29-,30?,31?/m0/s1. The van der Waals surface area contributed by atoms with E-state index in [1.54, 1.807) is 12.1 Å². The van der Waals surface area contributed by atoms with Crippen molar-refractivity contribution in [3.63, 3.8) is 0 Å². The number of carbonyl (C=O) groups is 3. The van der Waals surface area contributed by atoms with Gasteiger partial charge in [0.1, 0.15) is 5.75 Å². The van der Waals surface area contributed by atoms with E-state index in [1.807, 2.05) is 91.0 Å². The minimum absolute atomic E-state index is 0.00318. The van der Waals surface area contributed by atoms with Gasteiger partial charge in [-0.15, -0.1) is 0 Å². The molecule has 0 saturated heterocycles. The van der Waals surface area contributed by atoms with Gasteiger partial charge in [-0.2, -0.15) is 0 Å². The van der Waals surface area contributed by atoms with E-state index in [9.17, 15) is 19.5 Å². The molecule has 6 rings (SSSR count). The van der Waals surface area contributed by atoms with Gasteiger partial charge in [0.2, 0.25) is 5.91 Å². The van der Waals surface area contributed by atoms with Crippen molar-refractivity contribution in [3.05, 3.63) is 120 Å². The number of aliphatic carboxylic acids is 1. The van der Waals surface area contributed by atoms with Crippen molar-refractivity contribution in [2.45, 2.75) is 24.7 Å². The van der Waals surface area contributed by atoms with E-state index >= 15 is 0 Å². The zero-order chi connectivity index (χ0) is 26.9. The van der Waals surface area contributed by atoms with Gasteiger partial charge in [0.05, 0.1) is 11.8 Å². The van der Waals surface area contributed by atoms with E-state index in [2.05, 4.69) is 5.32 Å². The van der Waals surface area contributed by atoms with E-state index in [4.69, 9.17) is 4.74 Å². The predicted molar refractivity (Wildman–Crippen MR) is 147 cm³/mol. The molecule has 2 atom stereocenters. The number of amides is 1. The molecule has 6 nitrogen and oxygen atoms in total. The third-order valence-corrected chi connectivity index (χ3v) is 7.87. The molecule has 0 radical (unpaired) electrons. The Balaban J connectivity index is 1.31. The van der Waals surface area contributed by atoms with Gasteiger partial charge in [-0.3, -0.25) is 14.4 Å². The molecule has 194 valence electrons. The number of esters is 1. The molecular formula is C33H27NO5. The second-order valence-corrected chi connectivity index (χ2v) is 10.1. The lowest BCUT2D eigenvalue weighted by molar-refractivity contribution is -0.158. The highest BCUT2D eigenvalue weighted by Gasteiger charge is 2.59. The first-order valence-electron chi connectivity index (χ1n) is 13.1. The molecule has 6 heteroatoms. The molecule has 1 saturated carbocycles. The van der Waals surface area contributed by atoms with Crippen LogP contribution in [0.25, 0.3) is 11.1 Å². The largest absolute Gasteiger partial charge is 0.481 e. The quantitative estimate of drug-likeness (QED) is 0.240. The maximum atomic E-state index is 13.7. The Morgan fingerprint density at radius 1 is 0.718 bits per heavy atom. The van der Waals surface area contributed by atoms with Gasteiger partial charge in [0.25, 0.3) is 0 Å². The molecule has 39 heavy (non-hydrogen) atoms. The van der Waals surface area contributed by atoms with Crippen LogP contribution in [0.3, 0.4) is 0 Å². The zero-order valence-corrected chi connectivity index (χ0v) is 21.1. The molecule has 4 aromatic rings. The van der Waals surface area contributed by atoms with Crippen LogP contribution in [-0.2, 0) is 20.8 Å². The van der Waals surface area contributed by atoms with Crippen LogP contribution in [0, 0.1) is 11.8 Å². The van der Waals surface area contributed by atoms with E-state index in [0.717, 1.165) is 33.5 Å². The van der Waals surface area contributed by atoms with Crippen LogP contribution in [-0.4, -0.2) is 23.0 Å². The van der Waals surface area contributed by atoms with Crippen LogP contribution in [0.1, 0.15) is 34.9 Å². The molecule has 0 spiro atoms. The minimum atomic E-state index is -0.928. The number of hydrogen-bond acceptors (Lipinski definition) is 4. The highest BCUT2D eigenvalue weighted by molar-refractivity contribution is 5.95. The van der Waals surface area contributed by atoms with Crippen molar-refractivity contribution in [3.8, 4) is 16.9 Å². The van der Waals surface area contributed by atoms with Gasteiger partial charge in [0.15, 0.2) is 0 Å². The summed E-state index contributed by atoms with van der Waals surface area (Å²) in [4.78, 5) is 38.0. The number of rotatable bonds is 6. The summed E-state index contributed by atoms with van der Waals surface area (Å²) >= 11 is 0. The highest BCUT2D eigenvalue weighted by Crippen LogP contribution is 2.58. The number of nitrogens with one attached hydrogen (secondary N) is 1. The first-order valence-corrected chi connectivity index (χ1v) is 13.1. The Morgan fingerprint density at radius 3 is 2.00 bits per heavy atom. The number of aryl methyl sites for hydroxylation is 1. The fraction of sp³-hybridized carbons (Fsp3) is 0.182. The van der Waals surface area contributed by atoms with E-state index < -0.39 is 35.6 Å². The molecule has 2 aliphatic rings. The molecule has 1 amide bonds. The Bertz CT molecular complexity index is 1500. The lowest BCUT2D eigenvalue weighted by Gasteiger charge is -2.48. The lowest BCUT2D eigenvalue weighted by atomic mass is 9.52. The van der Waals surface area contributed by atoms with Gasteiger partial charge >= 0.3 is 11.9 Å². The summed E-state index contributed by atoms with van der Waals surface area (Å²) < 4.78 is 5.94. The van der Waals surface area contributed by atoms with Gasteiger partial charge in [-0.1, -0.05) is 84.9 Å². The van der Waals surface area contributed by atoms with E-state index in [0.29, 0.717) is 18.6 Å². The summed E-state index contributed by atoms with van der Waals surface area (Å²) in [6.45, 7) is 0. The van der Waals surface area contributed by atoms with Crippen molar-refractivity contribution in [1.29, 1.82) is 0 Å². The van der Waals surface area contributed by atoms with Crippen LogP contribution in [0.15, 0.2) is 103 Å². The number of carboxylic acid groups (broad SMARTS) is 1. The molecule has 4 aromatic carbocycles. The molecule has 0 bridgehead atoms. The average Bonchev–Trinajstić information content (AvgIpc) is 2.93. The van der Waals surface area contributed by atoms with Crippen molar-refractivity contribution in [1.82, 2.24) is 0 Å². The van der Waals surface area contributed by atoms with Gasteiger partial charge in [-0.25, -0.2) is 0 Å². The van der Waals surface area contributed by atoms with Gasteiger partial charge in [-0.05, 0) is 52.4 Å². The third-order valence-electron chi connectivity index (χ3n) is 7.87. The number of anilines is 1. The van der Waals surface area contributed by atoms with Crippen LogP contribution >= 0.6 is 0 Å². The Kier molecular flexibility index (Phi) is 6.45. The molecule has 1 aliphatic heterocycles. The second-order valence-electron chi connectivity index (χ2n) is 10.1. The molecule has 2 N–H and O–H groups in total. The molecule has 1 aliphatic carbocycles. The smallest absolute Gasteiger partial charge is 0.315 e. The summed E-state index contributed by atoms with van der Waals surface area (Å²) in [5.41, 5.74) is 5.26. The fourth-order valence-corrected chi connectivity index (χ4v) is 6.00. The van der Waals surface area contributed by atoms with Crippen molar-refractivity contribution < 1.29 is 24.2 Å². The summed E-state index contributed by atoms with van der Waals surface area (Å²) in [6, 6.07) is 31.9. The van der Waals surface area contributed by atoms with Crippen LogP contribution in [0.4, 0.5) is 5.69 Å². The SMILES string of the molecule is O=C1CCc2ccc(-c3cccc(OC(=O)C4[C@@H](c5ccccc5)C(C(=O)O)[C@@H]4c4ccccc4)c3)cc2N1. The van der Waals surface area contributed by atoms with Crippen molar-refractivity contribution >= 4 is 23.5 Å². The Hall–Kier alpha value is -4.71. The normalized spacial score (nSPS) is 21.7. The van der Waals surface area contributed by atoms with Crippen LogP contribution in [0.5, 0.6) is 5.75 Å². The summed E-state index contributed by atoms with van der Waals surface area (Å²) in [6.07, 6.45) is 1.19. The number of carbonyl (C=O) groups excluding carboxylic acids is 2. The monoisotopic (exact) mass is 517 g/mol. The first-order chi connectivity index (χ1) is 19.0. The van der Waals surface area contributed by atoms with Gasteiger partial charge in [0, 0.05) is 23.9 Å². The maximum absolute atomic E-state index is 13.7. The highest BCUT2D eigenvalue weighted by atomic mass is 16.5. The van der Waals surface area contributed by atoms with E-state index in [1.165, 1.54) is 0 Å². The van der Waals surface area contributed by atoms with Gasteiger partial charge < -0.3 is 15.2 Å².